The van der Waals surface area contributed by atoms with Gasteiger partial charge < -0.3 is 14.7 Å². The molecule has 20 heavy (non-hydrogen) atoms. The highest BCUT2D eigenvalue weighted by molar-refractivity contribution is 9.10. The predicted octanol–water partition coefficient (Wildman–Crippen LogP) is 1.90. The van der Waals surface area contributed by atoms with Crippen LogP contribution in [-0.2, 0) is 9.53 Å². The van der Waals surface area contributed by atoms with Crippen LogP contribution in [-0.4, -0.2) is 47.2 Å². The molecule has 1 unspecified atom stereocenters. The third-order valence-electron chi connectivity index (χ3n) is 2.99. The van der Waals surface area contributed by atoms with Gasteiger partial charge in [0.05, 0.1) is 17.1 Å². The molecule has 0 aromatic heterocycles. The molecule has 1 N–H and O–H groups in total. The molecule has 7 heteroatoms. The van der Waals surface area contributed by atoms with Crippen molar-refractivity contribution >= 4 is 27.8 Å². The highest BCUT2D eigenvalue weighted by Gasteiger charge is 2.33. The Kier molecular flexibility index (Phi) is 4.39. The van der Waals surface area contributed by atoms with Gasteiger partial charge in [-0.05, 0) is 41.1 Å². The Hall–Kier alpha value is -1.47. The lowest BCUT2D eigenvalue weighted by Gasteiger charge is -2.35. The molecule has 1 saturated heterocycles. The largest absolute Gasteiger partial charge is 0.479 e. The number of carboxylic acids is 1. The highest BCUT2D eigenvalue weighted by Crippen LogP contribution is 2.19. The normalized spacial score (nSPS) is 22.6. The van der Waals surface area contributed by atoms with Gasteiger partial charge in [-0.2, -0.15) is 0 Å². The quantitative estimate of drug-likeness (QED) is 0.888. The number of ether oxygens (including phenoxy) is 1. The molecule has 0 spiro atoms. The van der Waals surface area contributed by atoms with E-state index in [-0.39, 0.29) is 29.2 Å². The lowest BCUT2D eigenvalue weighted by atomic mass is 10.1. The minimum absolute atomic E-state index is 0.0454. The van der Waals surface area contributed by atoms with Crippen LogP contribution in [0.1, 0.15) is 17.3 Å². The zero-order valence-electron chi connectivity index (χ0n) is 10.7. The molecule has 0 saturated carbocycles. The van der Waals surface area contributed by atoms with Gasteiger partial charge in [0.25, 0.3) is 5.91 Å². The van der Waals surface area contributed by atoms with E-state index in [4.69, 9.17) is 9.84 Å². The number of benzene rings is 1. The van der Waals surface area contributed by atoms with Crippen molar-refractivity contribution in [2.45, 2.75) is 19.1 Å². The Balaban J connectivity index is 2.19. The Morgan fingerprint density at radius 3 is 2.75 bits per heavy atom. The number of carbonyl (C=O) groups is 2. The zero-order valence-corrected chi connectivity index (χ0v) is 12.3. The van der Waals surface area contributed by atoms with Gasteiger partial charge in [-0.3, -0.25) is 4.79 Å². The number of morpholine rings is 1. The topological polar surface area (TPSA) is 66.8 Å². The first kappa shape index (κ1) is 14.9. The third-order valence-corrected chi connectivity index (χ3v) is 3.63. The molecule has 1 aliphatic heterocycles. The van der Waals surface area contributed by atoms with E-state index in [0.717, 1.165) is 6.07 Å². The average molecular weight is 346 g/mol. The lowest BCUT2D eigenvalue weighted by Crippen LogP contribution is -2.51. The molecule has 108 valence electrons. The summed E-state index contributed by atoms with van der Waals surface area (Å²) in [7, 11) is 0. The summed E-state index contributed by atoms with van der Waals surface area (Å²) in [5, 5.41) is 8.98. The van der Waals surface area contributed by atoms with E-state index in [1.54, 1.807) is 6.92 Å². The van der Waals surface area contributed by atoms with Gasteiger partial charge >= 0.3 is 5.97 Å². The van der Waals surface area contributed by atoms with Crippen molar-refractivity contribution in [2.24, 2.45) is 0 Å². The van der Waals surface area contributed by atoms with E-state index in [1.807, 2.05) is 0 Å². The number of amides is 1. The van der Waals surface area contributed by atoms with Crippen LogP contribution in [0, 0.1) is 5.82 Å². The molecule has 1 heterocycles. The second-order valence-electron chi connectivity index (χ2n) is 4.61. The maximum absolute atomic E-state index is 13.5. The van der Waals surface area contributed by atoms with Gasteiger partial charge in [-0.15, -0.1) is 0 Å². The molecule has 0 aliphatic carbocycles. The molecular formula is C13H13BrFNO4. The Bertz CT molecular complexity index is 551. The standard InChI is InChI=1S/C13H13BrFNO4/c1-7-5-16(6-11(20-7)13(18)19)12(17)8-2-3-9(14)10(15)4-8/h2-4,7,11H,5-6H2,1H3,(H,18,19)/t7-,11?/m1/s1. The van der Waals surface area contributed by atoms with Gasteiger partial charge in [0, 0.05) is 12.1 Å². The van der Waals surface area contributed by atoms with Gasteiger partial charge in [0.2, 0.25) is 0 Å². The molecular weight excluding hydrogens is 333 g/mol. The first-order chi connectivity index (χ1) is 9.38. The minimum atomic E-state index is -1.11. The fourth-order valence-electron chi connectivity index (χ4n) is 2.07. The number of aliphatic carboxylic acids is 1. The summed E-state index contributed by atoms with van der Waals surface area (Å²) < 4.78 is 19.0. The lowest BCUT2D eigenvalue weighted by molar-refractivity contribution is -0.160. The molecule has 5 nitrogen and oxygen atoms in total. The van der Waals surface area contributed by atoms with E-state index in [9.17, 15) is 14.0 Å². The molecule has 1 aromatic carbocycles. The van der Waals surface area contributed by atoms with Gasteiger partial charge in [0.1, 0.15) is 5.82 Å². The van der Waals surface area contributed by atoms with E-state index < -0.39 is 23.8 Å². The molecule has 2 atom stereocenters. The maximum atomic E-state index is 13.5. The van der Waals surface area contributed by atoms with Crippen LogP contribution >= 0.6 is 15.9 Å². The van der Waals surface area contributed by atoms with Crippen molar-refractivity contribution in [1.29, 1.82) is 0 Å². The molecule has 1 fully saturated rings. The maximum Gasteiger partial charge on any atom is 0.334 e. The van der Waals surface area contributed by atoms with Crippen molar-refractivity contribution in [3.05, 3.63) is 34.1 Å². The van der Waals surface area contributed by atoms with Gasteiger partial charge in [0.15, 0.2) is 6.10 Å². The number of nitrogens with zero attached hydrogens (tertiary/aromatic N) is 1. The van der Waals surface area contributed by atoms with Crippen LogP contribution in [0.3, 0.4) is 0 Å². The smallest absolute Gasteiger partial charge is 0.334 e. The summed E-state index contributed by atoms with van der Waals surface area (Å²) in [6.45, 7) is 1.92. The van der Waals surface area contributed by atoms with Crippen LogP contribution in [0.25, 0.3) is 0 Å². The number of halogens is 2. The summed E-state index contributed by atoms with van der Waals surface area (Å²) in [5.41, 5.74) is 0.184. The summed E-state index contributed by atoms with van der Waals surface area (Å²) in [4.78, 5) is 24.6. The summed E-state index contributed by atoms with van der Waals surface area (Å²) in [5.74, 6) is -2.05. The first-order valence-electron chi connectivity index (χ1n) is 6.01. The fourth-order valence-corrected chi connectivity index (χ4v) is 2.31. The van der Waals surface area contributed by atoms with E-state index in [2.05, 4.69) is 15.9 Å². The van der Waals surface area contributed by atoms with E-state index >= 15 is 0 Å². The van der Waals surface area contributed by atoms with Crippen molar-refractivity contribution in [1.82, 2.24) is 4.90 Å². The van der Waals surface area contributed by atoms with Crippen molar-refractivity contribution in [2.75, 3.05) is 13.1 Å². The first-order valence-corrected chi connectivity index (χ1v) is 6.80. The SMILES string of the molecule is C[C@@H]1CN(C(=O)c2ccc(Br)c(F)c2)CC(C(=O)O)O1. The number of hydrogen-bond donors (Lipinski definition) is 1. The van der Waals surface area contributed by atoms with Crippen molar-refractivity contribution < 1.29 is 23.8 Å². The summed E-state index contributed by atoms with van der Waals surface area (Å²) >= 11 is 3.02. The van der Waals surface area contributed by atoms with Crippen LogP contribution < -0.4 is 0 Å². The molecule has 2 rings (SSSR count). The van der Waals surface area contributed by atoms with Crippen LogP contribution in [0.5, 0.6) is 0 Å². The molecule has 1 amide bonds. The summed E-state index contributed by atoms with van der Waals surface area (Å²) in [6.07, 6.45) is -1.43. The Labute approximate surface area is 123 Å². The van der Waals surface area contributed by atoms with Crippen LogP contribution in [0.4, 0.5) is 4.39 Å². The fraction of sp³-hybridized carbons (Fsp3) is 0.385. The summed E-state index contributed by atoms with van der Waals surface area (Å²) in [6, 6.07) is 4.06. The Morgan fingerprint density at radius 2 is 2.15 bits per heavy atom. The van der Waals surface area contributed by atoms with Gasteiger partial charge in [-0.1, -0.05) is 0 Å². The van der Waals surface area contributed by atoms with E-state index in [0.29, 0.717) is 0 Å². The molecule has 1 aromatic rings. The van der Waals surface area contributed by atoms with E-state index in [1.165, 1.54) is 17.0 Å². The average Bonchev–Trinajstić information content (AvgIpc) is 2.40. The monoisotopic (exact) mass is 345 g/mol. The van der Waals surface area contributed by atoms with Crippen LogP contribution in [0.15, 0.2) is 22.7 Å². The highest BCUT2D eigenvalue weighted by atomic mass is 79.9. The number of hydrogen-bond acceptors (Lipinski definition) is 3. The van der Waals surface area contributed by atoms with Gasteiger partial charge in [-0.25, -0.2) is 9.18 Å². The zero-order chi connectivity index (χ0) is 14.9. The van der Waals surface area contributed by atoms with Crippen LogP contribution in [0.2, 0.25) is 0 Å². The number of carbonyl (C=O) groups excluding carboxylic acids is 1. The van der Waals surface area contributed by atoms with Crippen molar-refractivity contribution in [3.8, 4) is 0 Å². The second-order valence-corrected chi connectivity index (χ2v) is 5.47. The third kappa shape index (κ3) is 3.16. The molecule has 0 bridgehead atoms. The van der Waals surface area contributed by atoms with Crippen molar-refractivity contribution in [3.63, 3.8) is 0 Å². The number of carboxylic acid groups (broad SMARTS) is 1. The molecule has 1 aliphatic rings. The second kappa shape index (κ2) is 5.88. The predicted molar refractivity (Wildman–Crippen MR) is 72.0 cm³/mol. The Morgan fingerprint density at radius 1 is 1.45 bits per heavy atom. The minimum Gasteiger partial charge on any atom is -0.479 e. The number of rotatable bonds is 2. The molecule has 0 radical (unpaired) electrons.